The summed E-state index contributed by atoms with van der Waals surface area (Å²) in [5.74, 6) is 1.95. The molecule has 0 spiro atoms. The van der Waals surface area contributed by atoms with Crippen LogP contribution in [0.25, 0.3) is 0 Å². The van der Waals surface area contributed by atoms with Crippen molar-refractivity contribution in [1.29, 1.82) is 0 Å². The van der Waals surface area contributed by atoms with Gasteiger partial charge in [0.1, 0.15) is 5.82 Å². The van der Waals surface area contributed by atoms with Crippen molar-refractivity contribution in [2.45, 2.75) is 24.5 Å². The third kappa shape index (κ3) is 6.02. The minimum Gasteiger partial charge on any atom is -0.368 e. The number of benzene rings is 1. The number of nitrogens with zero attached hydrogens (tertiary/aromatic N) is 3. The van der Waals surface area contributed by atoms with Gasteiger partial charge in [-0.25, -0.2) is 4.39 Å². The van der Waals surface area contributed by atoms with Crippen LogP contribution in [0.5, 0.6) is 0 Å². The van der Waals surface area contributed by atoms with Crippen molar-refractivity contribution < 1.29 is 9.18 Å². The van der Waals surface area contributed by atoms with Gasteiger partial charge < -0.3 is 20.4 Å². The van der Waals surface area contributed by atoms with E-state index < -0.39 is 0 Å². The highest BCUT2D eigenvalue weighted by Crippen LogP contribution is 2.25. The fourth-order valence-corrected chi connectivity index (χ4v) is 4.75. The van der Waals surface area contributed by atoms with Gasteiger partial charge in [0, 0.05) is 63.7 Å². The molecule has 0 radical (unpaired) electrons. The van der Waals surface area contributed by atoms with Crippen LogP contribution >= 0.6 is 11.8 Å². The molecule has 0 aliphatic carbocycles. The molecule has 6 nitrogen and oxygen atoms in total. The normalized spacial score (nSPS) is 20.4. The molecule has 0 saturated carbocycles. The van der Waals surface area contributed by atoms with Gasteiger partial charge in [0.05, 0.1) is 0 Å². The summed E-state index contributed by atoms with van der Waals surface area (Å²) in [4.78, 5) is 20.8. The van der Waals surface area contributed by atoms with Crippen molar-refractivity contribution in [1.82, 2.24) is 15.5 Å². The zero-order chi connectivity index (χ0) is 19.8. The second-order valence-electron chi connectivity index (χ2n) is 7.11. The highest BCUT2D eigenvalue weighted by atomic mass is 32.2. The Morgan fingerprint density at radius 1 is 1.21 bits per heavy atom. The third-order valence-electron chi connectivity index (χ3n) is 5.20. The summed E-state index contributed by atoms with van der Waals surface area (Å²) >= 11 is 2.01. The summed E-state index contributed by atoms with van der Waals surface area (Å²) in [6.07, 6.45) is 3.01. The molecule has 2 fully saturated rings. The molecule has 2 saturated heterocycles. The van der Waals surface area contributed by atoms with Crippen molar-refractivity contribution in [2.75, 3.05) is 57.0 Å². The lowest BCUT2D eigenvalue weighted by Gasteiger charge is -2.36. The Kier molecular flexibility index (Phi) is 7.82. The van der Waals surface area contributed by atoms with Gasteiger partial charge in [0.2, 0.25) is 5.91 Å². The van der Waals surface area contributed by atoms with E-state index in [9.17, 15) is 9.18 Å². The topological polar surface area (TPSA) is 60.0 Å². The lowest BCUT2D eigenvalue weighted by atomic mass is 10.2. The first kappa shape index (κ1) is 20.8. The molecule has 1 aromatic rings. The van der Waals surface area contributed by atoms with Gasteiger partial charge in [-0.2, -0.15) is 11.8 Å². The summed E-state index contributed by atoms with van der Waals surface area (Å²) in [6.45, 7) is 4.43. The maximum Gasteiger partial charge on any atom is 0.224 e. The predicted octanol–water partition coefficient (Wildman–Crippen LogP) is 1.92. The first-order valence-corrected chi connectivity index (χ1v) is 11.0. The number of hydrogen-bond acceptors (Lipinski definition) is 4. The third-order valence-corrected chi connectivity index (χ3v) is 6.60. The summed E-state index contributed by atoms with van der Waals surface area (Å²) < 4.78 is 13.1. The number of thioether (sulfide) groups is 1. The lowest BCUT2D eigenvalue weighted by Crippen LogP contribution is -2.49. The van der Waals surface area contributed by atoms with Gasteiger partial charge in [0.15, 0.2) is 5.96 Å². The van der Waals surface area contributed by atoms with Gasteiger partial charge in [0.25, 0.3) is 0 Å². The molecule has 2 N–H and O–H groups in total. The maximum atomic E-state index is 13.1. The zero-order valence-corrected chi connectivity index (χ0v) is 17.3. The number of nitrogens with one attached hydrogen (secondary N) is 2. The summed E-state index contributed by atoms with van der Waals surface area (Å²) in [5, 5.41) is 7.26. The summed E-state index contributed by atoms with van der Waals surface area (Å²) in [5.41, 5.74) is 1.01. The van der Waals surface area contributed by atoms with Crippen LogP contribution in [0.15, 0.2) is 29.3 Å². The molecule has 8 heteroatoms. The SMILES string of the molecule is CN=C(NCCC(=O)N1CCN(c2ccc(F)cc2)CC1)NCC1CCCS1. The summed E-state index contributed by atoms with van der Waals surface area (Å²) in [6, 6.07) is 6.54. The molecule has 0 aromatic heterocycles. The van der Waals surface area contributed by atoms with Crippen molar-refractivity contribution in [3.8, 4) is 0 Å². The Morgan fingerprint density at radius 3 is 2.61 bits per heavy atom. The molecular weight excluding hydrogens is 377 g/mol. The van der Waals surface area contributed by atoms with E-state index in [4.69, 9.17) is 0 Å². The molecule has 1 aromatic carbocycles. The first-order valence-electron chi connectivity index (χ1n) is 10.00. The standard InChI is InChI=1S/C20H30FN5OS/c1-22-20(24-15-18-3-2-14-28-18)23-9-8-19(27)26-12-10-25(11-13-26)17-6-4-16(21)5-7-17/h4-7,18H,2-3,8-15H2,1H3,(H2,22,23,24). The van der Waals surface area contributed by atoms with Crippen LogP contribution in [0, 0.1) is 5.82 Å². The van der Waals surface area contributed by atoms with E-state index in [1.807, 2.05) is 16.7 Å². The van der Waals surface area contributed by atoms with Crippen LogP contribution in [0.2, 0.25) is 0 Å². The molecule has 1 unspecified atom stereocenters. The Hall–Kier alpha value is -1.96. The monoisotopic (exact) mass is 407 g/mol. The van der Waals surface area contributed by atoms with Gasteiger partial charge in [-0.15, -0.1) is 0 Å². The van der Waals surface area contributed by atoms with E-state index in [2.05, 4.69) is 20.5 Å². The van der Waals surface area contributed by atoms with E-state index in [1.165, 1.54) is 30.7 Å². The number of amides is 1. The molecule has 2 aliphatic heterocycles. The molecule has 2 heterocycles. The zero-order valence-electron chi connectivity index (χ0n) is 16.5. The molecule has 3 rings (SSSR count). The quantitative estimate of drug-likeness (QED) is 0.557. The number of aliphatic imine (C=N–C) groups is 1. The van der Waals surface area contributed by atoms with Gasteiger partial charge in [-0.05, 0) is 42.9 Å². The second-order valence-corrected chi connectivity index (χ2v) is 8.52. The van der Waals surface area contributed by atoms with Crippen LogP contribution in [-0.2, 0) is 4.79 Å². The van der Waals surface area contributed by atoms with Crippen LogP contribution in [0.4, 0.5) is 10.1 Å². The molecular formula is C20H30FN5OS. The number of anilines is 1. The number of guanidine groups is 1. The van der Waals surface area contributed by atoms with Gasteiger partial charge in [-0.3, -0.25) is 9.79 Å². The largest absolute Gasteiger partial charge is 0.368 e. The maximum absolute atomic E-state index is 13.1. The number of rotatable bonds is 6. The number of halogens is 1. The average molecular weight is 408 g/mol. The molecule has 2 aliphatic rings. The van der Waals surface area contributed by atoms with Crippen molar-refractivity contribution >= 4 is 29.3 Å². The highest BCUT2D eigenvalue weighted by molar-refractivity contribution is 8.00. The second kappa shape index (κ2) is 10.5. The Balaban J connectivity index is 1.34. The number of hydrogen-bond donors (Lipinski definition) is 2. The Morgan fingerprint density at radius 2 is 1.96 bits per heavy atom. The lowest BCUT2D eigenvalue weighted by molar-refractivity contribution is -0.131. The van der Waals surface area contributed by atoms with Crippen LogP contribution in [0.1, 0.15) is 19.3 Å². The number of carbonyl (C=O) groups is 1. The molecule has 1 amide bonds. The molecule has 28 heavy (non-hydrogen) atoms. The highest BCUT2D eigenvalue weighted by Gasteiger charge is 2.21. The minimum atomic E-state index is -0.225. The minimum absolute atomic E-state index is 0.160. The first-order chi connectivity index (χ1) is 13.7. The fourth-order valence-electron chi connectivity index (χ4n) is 3.55. The number of piperazine rings is 1. The molecule has 154 valence electrons. The fraction of sp³-hybridized carbons (Fsp3) is 0.600. The van der Waals surface area contributed by atoms with Gasteiger partial charge >= 0.3 is 0 Å². The van der Waals surface area contributed by atoms with E-state index in [1.54, 1.807) is 19.2 Å². The molecule has 0 bridgehead atoms. The van der Waals surface area contributed by atoms with E-state index in [0.717, 1.165) is 31.3 Å². The smallest absolute Gasteiger partial charge is 0.224 e. The number of carbonyl (C=O) groups excluding carboxylic acids is 1. The Labute approximate surface area is 170 Å². The Bertz CT molecular complexity index is 655. The van der Waals surface area contributed by atoms with Crippen molar-refractivity contribution in [2.24, 2.45) is 4.99 Å². The van der Waals surface area contributed by atoms with Gasteiger partial charge in [-0.1, -0.05) is 0 Å². The summed E-state index contributed by atoms with van der Waals surface area (Å²) in [7, 11) is 1.76. The average Bonchev–Trinajstić information content (AvgIpc) is 3.25. The van der Waals surface area contributed by atoms with Crippen LogP contribution < -0.4 is 15.5 Å². The predicted molar refractivity (Wildman–Crippen MR) is 115 cm³/mol. The van der Waals surface area contributed by atoms with Crippen molar-refractivity contribution in [3.05, 3.63) is 30.1 Å². The van der Waals surface area contributed by atoms with E-state index in [0.29, 0.717) is 31.3 Å². The van der Waals surface area contributed by atoms with Crippen molar-refractivity contribution in [3.63, 3.8) is 0 Å². The van der Waals surface area contributed by atoms with E-state index >= 15 is 0 Å². The van der Waals surface area contributed by atoms with Crippen LogP contribution in [0.3, 0.4) is 0 Å². The van der Waals surface area contributed by atoms with Crippen LogP contribution in [-0.4, -0.2) is 74.1 Å². The molecule has 1 atom stereocenters. The van der Waals surface area contributed by atoms with E-state index in [-0.39, 0.29) is 11.7 Å².